The number of rotatable bonds is 4. The highest BCUT2D eigenvalue weighted by Gasteiger charge is 2.26. The van der Waals surface area contributed by atoms with Crippen LogP contribution in [0.5, 0.6) is 0 Å². The number of hydrogen-bond donors (Lipinski definition) is 1. The first-order chi connectivity index (χ1) is 12.0. The SMILES string of the molecule is C[C@@H]1C[C@H](C)CN(C(=O)CSc2nnc(-c3ccccc3Cl)n2N)C1. The van der Waals surface area contributed by atoms with Crippen molar-refractivity contribution in [1.82, 2.24) is 19.8 Å². The largest absolute Gasteiger partial charge is 0.341 e. The van der Waals surface area contributed by atoms with Crippen LogP contribution in [0, 0.1) is 11.8 Å². The first-order valence-corrected chi connectivity index (χ1v) is 9.68. The number of thioether (sulfide) groups is 1. The van der Waals surface area contributed by atoms with Crippen LogP contribution in [-0.4, -0.2) is 44.5 Å². The Kier molecular flexibility index (Phi) is 5.54. The molecule has 0 unspecified atom stereocenters. The number of nitrogens with zero attached hydrogens (tertiary/aromatic N) is 4. The molecule has 1 aromatic carbocycles. The summed E-state index contributed by atoms with van der Waals surface area (Å²) in [6.07, 6.45) is 1.18. The van der Waals surface area contributed by atoms with Crippen LogP contribution in [0.3, 0.4) is 0 Å². The molecule has 0 aliphatic carbocycles. The van der Waals surface area contributed by atoms with E-state index in [2.05, 4.69) is 24.0 Å². The molecule has 1 saturated heterocycles. The molecule has 0 bridgehead atoms. The maximum absolute atomic E-state index is 12.5. The summed E-state index contributed by atoms with van der Waals surface area (Å²) in [7, 11) is 0. The van der Waals surface area contributed by atoms with Crippen LogP contribution < -0.4 is 5.84 Å². The fraction of sp³-hybridized carbons (Fsp3) is 0.471. The van der Waals surface area contributed by atoms with E-state index >= 15 is 0 Å². The van der Waals surface area contributed by atoms with E-state index in [0.717, 1.165) is 18.7 Å². The van der Waals surface area contributed by atoms with Crippen molar-refractivity contribution in [2.24, 2.45) is 11.8 Å². The van der Waals surface area contributed by atoms with Crippen molar-refractivity contribution in [3.05, 3.63) is 29.3 Å². The van der Waals surface area contributed by atoms with Crippen molar-refractivity contribution in [3.63, 3.8) is 0 Å². The Morgan fingerprint density at radius 3 is 2.64 bits per heavy atom. The zero-order valence-corrected chi connectivity index (χ0v) is 15.9. The molecule has 6 nitrogen and oxygen atoms in total. The summed E-state index contributed by atoms with van der Waals surface area (Å²) < 4.78 is 1.39. The predicted octanol–water partition coefficient (Wildman–Crippen LogP) is 2.91. The summed E-state index contributed by atoms with van der Waals surface area (Å²) in [4.78, 5) is 14.4. The second kappa shape index (κ2) is 7.66. The first kappa shape index (κ1) is 18.1. The van der Waals surface area contributed by atoms with Gasteiger partial charge in [0.15, 0.2) is 5.82 Å². The minimum Gasteiger partial charge on any atom is -0.341 e. The van der Waals surface area contributed by atoms with Crippen molar-refractivity contribution in [3.8, 4) is 11.4 Å². The van der Waals surface area contributed by atoms with Crippen LogP contribution in [0.25, 0.3) is 11.4 Å². The standard InChI is InChI=1S/C17H22ClN5OS/c1-11-7-12(2)9-22(8-11)15(24)10-25-17-21-20-16(23(17)19)13-5-3-4-6-14(13)18/h3-6,11-12H,7-10,19H2,1-2H3/t11-,12+. The van der Waals surface area contributed by atoms with E-state index in [-0.39, 0.29) is 5.91 Å². The van der Waals surface area contributed by atoms with E-state index in [1.165, 1.54) is 22.9 Å². The van der Waals surface area contributed by atoms with Gasteiger partial charge in [-0.1, -0.05) is 49.3 Å². The maximum Gasteiger partial charge on any atom is 0.233 e. The molecule has 25 heavy (non-hydrogen) atoms. The monoisotopic (exact) mass is 379 g/mol. The number of nitrogens with two attached hydrogens (primary N) is 1. The van der Waals surface area contributed by atoms with Crippen molar-refractivity contribution in [2.45, 2.75) is 25.4 Å². The summed E-state index contributed by atoms with van der Waals surface area (Å²) in [6, 6.07) is 7.33. The summed E-state index contributed by atoms with van der Waals surface area (Å²) in [6.45, 7) is 6.03. The van der Waals surface area contributed by atoms with Crippen LogP contribution in [0.15, 0.2) is 29.4 Å². The van der Waals surface area contributed by atoms with Crippen molar-refractivity contribution in [2.75, 3.05) is 24.7 Å². The number of nitrogen functional groups attached to an aromatic ring is 1. The third-order valence-electron chi connectivity index (χ3n) is 4.33. The highest BCUT2D eigenvalue weighted by atomic mass is 35.5. The third kappa shape index (κ3) is 4.10. The van der Waals surface area contributed by atoms with E-state index in [4.69, 9.17) is 17.4 Å². The molecule has 3 rings (SSSR count). The maximum atomic E-state index is 12.5. The van der Waals surface area contributed by atoms with Gasteiger partial charge in [0, 0.05) is 18.7 Å². The van der Waals surface area contributed by atoms with Gasteiger partial charge in [0.1, 0.15) is 0 Å². The lowest BCUT2D eigenvalue weighted by atomic mass is 9.92. The fourth-order valence-electron chi connectivity index (χ4n) is 3.29. The second-order valence-electron chi connectivity index (χ2n) is 6.69. The van der Waals surface area contributed by atoms with Gasteiger partial charge in [0.25, 0.3) is 0 Å². The molecular weight excluding hydrogens is 358 g/mol. The zero-order valence-electron chi connectivity index (χ0n) is 14.4. The van der Waals surface area contributed by atoms with E-state index in [0.29, 0.717) is 33.6 Å². The molecule has 2 aromatic rings. The van der Waals surface area contributed by atoms with Gasteiger partial charge >= 0.3 is 0 Å². The summed E-state index contributed by atoms with van der Waals surface area (Å²) in [5.41, 5.74) is 0.719. The predicted molar refractivity (Wildman–Crippen MR) is 101 cm³/mol. The van der Waals surface area contributed by atoms with E-state index in [9.17, 15) is 4.79 Å². The summed E-state index contributed by atoms with van der Waals surface area (Å²) >= 11 is 7.49. The lowest BCUT2D eigenvalue weighted by molar-refractivity contribution is -0.130. The molecule has 1 amide bonds. The van der Waals surface area contributed by atoms with Crippen LogP contribution in [-0.2, 0) is 4.79 Å². The molecule has 2 heterocycles. The Labute approximate surface area is 156 Å². The number of benzene rings is 1. The molecule has 2 N–H and O–H groups in total. The topological polar surface area (TPSA) is 77.0 Å². The van der Waals surface area contributed by atoms with E-state index < -0.39 is 0 Å². The zero-order chi connectivity index (χ0) is 18.0. The van der Waals surface area contributed by atoms with Crippen molar-refractivity contribution >= 4 is 29.3 Å². The van der Waals surface area contributed by atoms with Gasteiger partial charge in [-0.05, 0) is 30.4 Å². The van der Waals surface area contributed by atoms with Crippen LogP contribution in [0.4, 0.5) is 0 Å². The third-order valence-corrected chi connectivity index (χ3v) is 5.58. The Hall–Kier alpha value is -1.73. The molecule has 8 heteroatoms. The molecule has 1 fully saturated rings. The normalized spacial score (nSPS) is 20.7. The van der Waals surface area contributed by atoms with Gasteiger partial charge in [-0.25, -0.2) is 4.68 Å². The first-order valence-electron chi connectivity index (χ1n) is 8.31. The molecule has 1 aromatic heterocycles. The number of likely N-dealkylation sites (tertiary alicyclic amines) is 1. The molecule has 2 atom stereocenters. The molecule has 0 saturated carbocycles. The second-order valence-corrected chi connectivity index (χ2v) is 8.04. The van der Waals surface area contributed by atoms with E-state index in [1.54, 1.807) is 6.07 Å². The molecular formula is C17H22ClN5OS. The summed E-state index contributed by atoms with van der Waals surface area (Å²) in [5.74, 6) is 8.09. The highest BCUT2D eigenvalue weighted by molar-refractivity contribution is 7.99. The smallest absolute Gasteiger partial charge is 0.233 e. The fourth-order valence-corrected chi connectivity index (χ4v) is 4.27. The Balaban J connectivity index is 1.66. The lowest BCUT2D eigenvalue weighted by Crippen LogP contribution is -2.43. The average Bonchev–Trinajstić information content (AvgIpc) is 2.93. The van der Waals surface area contributed by atoms with Gasteiger partial charge in [-0.3, -0.25) is 4.79 Å². The van der Waals surface area contributed by atoms with Crippen LogP contribution in [0.1, 0.15) is 20.3 Å². The lowest BCUT2D eigenvalue weighted by Gasteiger charge is -2.34. The molecule has 0 spiro atoms. The number of halogens is 1. The molecule has 134 valence electrons. The number of piperidine rings is 1. The Bertz CT molecular complexity index is 755. The number of carbonyl (C=O) groups excluding carboxylic acids is 1. The highest BCUT2D eigenvalue weighted by Crippen LogP contribution is 2.28. The number of hydrogen-bond acceptors (Lipinski definition) is 5. The molecule has 1 aliphatic heterocycles. The van der Waals surface area contributed by atoms with Crippen LogP contribution >= 0.6 is 23.4 Å². The van der Waals surface area contributed by atoms with Crippen molar-refractivity contribution in [1.29, 1.82) is 0 Å². The number of carbonyl (C=O) groups is 1. The van der Waals surface area contributed by atoms with Gasteiger partial charge in [-0.2, -0.15) is 0 Å². The average molecular weight is 380 g/mol. The minimum atomic E-state index is 0.116. The molecule has 0 radical (unpaired) electrons. The van der Waals surface area contributed by atoms with Crippen molar-refractivity contribution < 1.29 is 4.79 Å². The van der Waals surface area contributed by atoms with Gasteiger partial charge < -0.3 is 10.7 Å². The number of aromatic nitrogens is 3. The quantitative estimate of drug-likeness (QED) is 0.652. The number of amides is 1. The Morgan fingerprint density at radius 1 is 1.28 bits per heavy atom. The molecule has 1 aliphatic rings. The summed E-state index contributed by atoms with van der Waals surface area (Å²) in [5, 5.41) is 9.28. The minimum absolute atomic E-state index is 0.116. The van der Waals surface area contributed by atoms with Crippen LogP contribution in [0.2, 0.25) is 5.02 Å². The Morgan fingerprint density at radius 2 is 1.96 bits per heavy atom. The van der Waals surface area contributed by atoms with Gasteiger partial charge in [0.05, 0.1) is 10.8 Å². The van der Waals surface area contributed by atoms with Gasteiger partial charge in [0.2, 0.25) is 11.1 Å². The van der Waals surface area contributed by atoms with E-state index in [1.807, 2.05) is 23.1 Å². The van der Waals surface area contributed by atoms with Gasteiger partial charge in [-0.15, -0.1) is 10.2 Å².